The Morgan fingerprint density at radius 1 is 1.41 bits per heavy atom. The van der Waals surface area contributed by atoms with E-state index < -0.39 is 10.8 Å². The first kappa shape index (κ1) is 11.0. The van der Waals surface area contributed by atoms with E-state index in [4.69, 9.17) is 4.42 Å². The molecule has 0 saturated carbocycles. The van der Waals surface area contributed by atoms with Gasteiger partial charge in [-0.05, 0) is 19.1 Å². The van der Waals surface area contributed by atoms with Crippen LogP contribution in [0.15, 0.2) is 34.7 Å². The van der Waals surface area contributed by atoms with E-state index in [9.17, 15) is 4.21 Å². The van der Waals surface area contributed by atoms with Gasteiger partial charge in [-0.3, -0.25) is 4.21 Å². The molecule has 2 aromatic rings. The maximum atomic E-state index is 11.8. The summed E-state index contributed by atoms with van der Waals surface area (Å²) in [5, 5.41) is 4.73. The molecule has 3 atom stereocenters. The minimum Gasteiger partial charge on any atom is -0.459 e. The molecule has 1 fully saturated rings. The summed E-state index contributed by atoms with van der Waals surface area (Å²) in [4.78, 5) is 0. The second-order valence-electron chi connectivity index (χ2n) is 4.51. The third kappa shape index (κ3) is 2.03. The number of nitrogens with one attached hydrogen (secondary N) is 1. The Morgan fingerprint density at radius 3 is 3.00 bits per heavy atom. The Balaban J connectivity index is 1.91. The van der Waals surface area contributed by atoms with Gasteiger partial charge in [0.1, 0.15) is 11.3 Å². The monoisotopic (exact) mass is 249 g/mol. The summed E-state index contributed by atoms with van der Waals surface area (Å²) in [6.45, 7) is 2.80. The minimum absolute atomic E-state index is 0.0828. The van der Waals surface area contributed by atoms with Crippen LogP contribution in [-0.2, 0) is 10.8 Å². The van der Waals surface area contributed by atoms with Crippen molar-refractivity contribution in [2.45, 2.75) is 18.2 Å². The second kappa shape index (κ2) is 4.27. The molecule has 3 rings (SSSR count). The molecule has 17 heavy (non-hydrogen) atoms. The molecule has 1 N–H and O–H groups in total. The molecule has 2 heterocycles. The number of furan rings is 1. The van der Waals surface area contributed by atoms with E-state index in [0.29, 0.717) is 5.75 Å². The molecule has 3 nitrogen and oxygen atoms in total. The van der Waals surface area contributed by atoms with Crippen LogP contribution in [0.2, 0.25) is 0 Å². The van der Waals surface area contributed by atoms with E-state index in [1.54, 1.807) is 0 Å². The van der Waals surface area contributed by atoms with E-state index in [0.717, 1.165) is 23.3 Å². The summed E-state index contributed by atoms with van der Waals surface area (Å²) in [6.07, 6.45) is 0. The smallest absolute Gasteiger partial charge is 0.134 e. The van der Waals surface area contributed by atoms with Gasteiger partial charge in [0.2, 0.25) is 0 Å². The maximum absolute atomic E-state index is 11.8. The molecular weight excluding hydrogens is 234 g/mol. The molecule has 0 amide bonds. The van der Waals surface area contributed by atoms with Crippen molar-refractivity contribution in [1.82, 2.24) is 5.32 Å². The highest BCUT2D eigenvalue weighted by Crippen LogP contribution is 2.26. The molecule has 1 aromatic heterocycles. The normalized spacial score (nSPS) is 29.6. The first-order valence-corrected chi connectivity index (χ1v) is 7.21. The Bertz CT molecular complexity index is 530. The zero-order valence-corrected chi connectivity index (χ0v) is 10.5. The maximum Gasteiger partial charge on any atom is 0.134 e. The molecule has 0 spiro atoms. The third-order valence-corrected chi connectivity index (χ3v) is 4.95. The number of rotatable bonds is 1. The Kier molecular flexibility index (Phi) is 2.76. The highest BCUT2D eigenvalue weighted by Gasteiger charge is 2.26. The summed E-state index contributed by atoms with van der Waals surface area (Å²) in [7, 11) is -0.760. The van der Waals surface area contributed by atoms with Crippen LogP contribution < -0.4 is 5.32 Å². The van der Waals surface area contributed by atoms with Gasteiger partial charge >= 0.3 is 0 Å². The van der Waals surface area contributed by atoms with Crippen LogP contribution in [0.3, 0.4) is 0 Å². The topological polar surface area (TPSA) is 42.2 Å². The number of fused-ring (bicyclic) bond motifs is 1. The fraction of sp³-hybridized carbons (Fsp3) is 0.385. The Morgan fingerprint density at radius 2 is 2.24 bits per heavy atom. The van der Waals surface area contributed by atoms with Gasteiger partial charge in [-0.1, -0.05) is 18.2 Å². The van der Waals surface area contributed by atoms with E-state index in [2.05, 4.69) is 5.32 Å². The summed E-state index contributed by atoms with van der Waals surface area (Å²) < 4.78 is 17.6. The van der Waals surface area contributed by atoms with Gasteiger partial charge in [-0.25, -0.2) is 0 Å². The van der Waals surface area contributed by atoms with Crippen molar-refractivity contribution in [3.05, 3.63) is 36.1 Å². The summed E-state index contributed by atoms with van der Waals surface area (Å²) in [6, 6.07) is 10.1. The van der Waals surface area contributed by atoms with Crippen LogP contribution in [0.1, 0.15) is 18.7 Å². The Hall–Kier alpha value is -1.13. The van der Waals surface area contributed by atoms with E-state index >= 15 is 0 Å². The van der Waals surface area contributed by atoms with Gasteiger partial charge < -0.3 is 9.73 Å². The lowest BCUT2D eigenvalue weighted by molar-refractivity contribution is 0.443. The molecule has 1 aliphatic rings. The van der Waals surface area contributed by atoms with Crippen LogP contribution in [0.5, 0.6) is 0 Å². The lowest BCUT2D eigenvalue weighted by Gasteiger charge is -2.25. The van der Waals surface area contributed by atoms with Crippen molar-refractivity contribution >= 4 is 21.8 Å². The van der Waals surface area contributed by atoms with Crippen LogP contribution >= 0.6 is 0 Å². The molecular formula is C13H15NO2S. The molecule has 90 valence electrons. The van der Waals surface area contributed by atoms with Crippen LogP contribution in [0.4, 0.5) is 0 Å². The zero-order valence-electron chi connectivity index (χ0n) is 9.68. The number of hydrogen-bond acceptors (Lipinski definition) is 3. The summed E-state index contributed by atoms with van der Waals surface area (Å²) in [5.74, 6) is 1.53. The number of para-hydroxylation sites is 1. The zero-order chi connectivity index (χ0) is 11.8. The number of hydrogen-bond donors (Lipinski definition) is 1. The minimum atomic E-state index is -0.760. The van der Waals surface area contributed by atoms with Crippen molar-refractivity contribution in [3.63, 3.8) is 0 Å². The van der Waals surface area contributed by atoms with Gasteiger partial charge in [-0.2, -0.15) is 0 Å². The lowest BCUT2D eigenvalue weighted by Crippen LogP contribution is -2.41. The third-order valence-electron chi connectivity index (χ3n) is 3.22. The average Bonchev–Trinajstić information content (AvgIpc) is 2.76. The number of benzene rings is 1. The van der Waals surface area contributed by atoms with Gasteiger partial charge in [-0.15, -0.1) is 0 Å². The fourth-order valence-corrected chi connectivity index (χ4v) is 3.37. The van der Waals surface area contributed by atoms with Crippen LogP contribution in [0, 0.1) is 0 Å². The summed E-state index contributed by atoms with van der Waals surface area (Å²) >= 11 is 0. The summed E-state index contributed by atoms with van der Waals surface area (Å²) in [5.41, 5.74) is 0.897. The average molecular weight is 249 g/mol. The van der Waals surface area contributed by atoms with Crippen molar-refractivity contribution in [3.8, 4) is 0 Å². The van der Waals surface area contributed by atoms with Crippen LogP contribution in [-0.4, -0.2) is 21.8 Å². The molecule has 1 aliphatic heterocycles. The first-order chi connectivity index (χ1) is 8.24. The van der Waals surface area contributed by atoms with Gasteiger partial charge in [0.15, 0.2) is 0 Å². The lowest BCUT2D eigenvalue weighted by atomic mass is 10.2. The van der Waals surface area contributed by atoms with E-state index in [1.807, 2.05) is 37.3 Å². The predicted molar refractivity (Wildman–Crippen MR) is 69.4 cm³/mol. The SMILES string of the molecule is CC1CNC(c2cc3ccccc3o2)CS1=O. The molecule has 0 bridgehead atoms. The van der Waals surface area contributed by atoms with Crippen molar-refractivity contribution in [1.29, 1.82) is 0 Å². The van der Waals surface area contributed by atoms with Crippen LogP contribution in [0.25, 0.3) is 11.0 Å². The molecule has 0 radical (unpaired) electrons. The predicted octanol–water partition coefficient (Wildman–Crippen LogP) is 2.21. The largest absolute Gasteiger partial charge is 0.459 e. The quantitative estimate of drug-likeness (QED) is 0.842. The first-order valence-electron chi connectivity index (χ1n) is 5.83. The fourth-order valence-electron chi connectivity index (χ4n) is 2.15. The Labute approximate surface area is 103 Å². The highest BCUT2D eigenvalue weighted by atomic mass is 32.2. The molecule has 4 heteroatoms. The van der Waals surface area contributed by atoms with Crippen molar-refractivity contribution < 1.29 is 8.63 Å². The van der Waals surface area contributed by atoms with E-state index in [1.165, 1.54) is 0 Å². The van der Waals surface area contributed by atoms with Gasteiger partial charge in [0.05, 0.1) is 6.04 Å². The molecule has 3 unspecified atom stereocenters. The van der Waals surface area contributed by atoms with Crippen molar-refractivity contribution in [2.75, 3.05) is 12.3 Å². The van der Waals surface area contributed by atoms with E-state index in [-0.39, 0.29) is 11.3 Å². The highest BCUT2D eigenvalue weighted by molar-refractivity contribution is 7.85. The second-order valence-corrected chi connectivity index (χ2v) is 6.41. The van der Waals surface area contributed by atoms with Crippen molar-refractivity contribution in [2.24, 2.45) is 0 Å². The molecule has 0 aliphatic carbocycles. The molecule has 1 aromatic carbocycles. The van der Waals surface area contributed by atoms with Gasteiger partial charge in [0.25, 0.3) is 0 Å². The molecule has 1 saturated heterocycles. The van der Waals surface area contributed by atoms with Gasteiger partial charge in [0, 0.05) is 33.7 Å². The standard InChI is InChI=1S/C13H15NO2S/c1-9-7-14-11(8-17(9)15)13-6-10-4-2-3-5-12(10)16-13/h2-6,9,11,14H,7-8H2,1H3.